The van der Waals surface area contributed by atoms with Crippen molar-refractivity contribution in [2.24, 2.45) is 0 Å². The van der Waals surface area contributed by atoms with Gasteiger partial charge in [0.2, 0.25) is 0 Å². The number of nitrogens with one attached hydrogen (secondary N) is 1. The number of fused-ring (bicyclic) bond motifs is 3. The summed E-state index contributed by atoms with van der Waals surface area (Å²) in [4.78, 5) is 13.7. The third-order valence-electron chi connectivity index (χ3n) is 7.89. The van der Waals surface area contributed by atoms with Crippen LogP contribution in [-0.2, 0) is 0 Å². The molecule has 180 valence electrons. The van der Waals surface area contributed by atoms with Gasteiger partial charge in [-0.25, -0.2) is 14.6 Å². The fourth-order valence-corrected chi connectivity index (χ4v) is 5.98. The Hall–Kier alpha value is -3.33. The zero-order valence-electron chi connectivity index (χ0n) is 20.1. The van der Waals surface area contributed by atoms with Crippen molar-refractivity contribution in [1.29, 1.82) is 0 Å². The number of hydrogen-bond acceptors (Lipinski definition) is 8. The van der Waals surface area contributed by atoms with Crippen LogP contribution in [0.5, 0.6) is 0 Å². The van der Waals surface area contributed by atoms with Gasteiger partial charge in [0.1, 0.15) is 29.3 Å². The Kier molecular flexibility index (Phi) is 4.70. The molecule has 4 aromatic rings. The Balaban J connectivity index is 1.33. The quantitative estimate of drug-likeness (QED) is 0.435. The van der Waals surface area contributed by atoms with Crippen molar-refractivity contribution >= 4 is 16.9 Å². The molecule has 2 aliphatic heterocycles. The summed E-state index contributed by atoms with van der Waals surface area (Å²) >= 11 is 0. The smallest absolute Gasteiger partial charge is 0.164 e. The second-order valence-electron chi connectivity index (χ2n) is 10.7. The molecule has 3 aliphatic rings. The van der Waals surface area contributed by atoms with Crippen LogP contribution < -0.4 is 11.1 Å². The van der Waals surface area contributed by atoms with E-state index in [9.17, 15) is 0 Å². The lowest BCUT2D eigenvalue weighted by Gasteiger charge is -2.29. The zero-order valence-corrected chi connectivity index (χ0v) is 20.1. The molecule has 4 aromatic heterocycles. The van der Waals surface area contributed by atoms with E-state index in [1.54, 1.807) is 0 Å². The first-order valence-corrected chi connectivity index (χ1v) is 12.8. The van der Waals surface area contributed by atoms with Gasteiger partial charge in [-0.3, -0.25) is 4.98 Å². The molecular weight excluding hydrogens is 440 g/mol. The average molecular weight is 471 g/mol. The van der Waals surface area contributed by atoms with Gasteiger partial charge < -0.3 is 15.6 Å². The van der Waals surface area contributed by atoms with Crippen molar-refractivity contribution in [1.82, 2.24) is 35.2 Å². The Morgan fingerprint density at radius 3 is 2.49 bits per heavy atom. The molecule has 0 spiro atoms. The molecule has 2 bridgehead atoms. The van der Waals surface area contributed by atoms with Gasteiger partial charge in [-0.05, 0) is 69.9 Å². The fourth-order valence-electron chi connectivity index (χ4n) is 5.98. The maximum Gasteiger partial charge on any atom is 0.164 e. The van der Waals surface area contributed by atoms with Gasteiger partial charge in [-0.1, -0.05) is 11.2 Å². The highest BCUT2D eigenvalue weighted by atomic mass is 16.5. The van der Waals surface area contributed by atoms with Gasteiger partial charge in [0.15, 0.2) is 5.65 Å². The van der Waals surface area contributed by atoms with E-state index in [1.807, 2.05) is 4.68 Å². The molecule has 0 radical (unpaired) electrons. The van der Waals surface area contributed by atoms with Crippen LogP contribution in [0.2, 0.25) is 0 Å². The van der Waals surface area contributed by atoms with E-state index < -0.39 is 0 Å². The molecule has 1 aliphatic carbocycles. The monoisotopic (exact) mass is 470 g/mol. The van der Waals surface area contributed by atoms with Crippen molar-refractivity contribution < 1.29 is 4.52 Å². The summed E-state index contributed by atoms with van der Waals surface area (Å²) < 4.78 is 7.82. The number of piperidine rings is 1. The van der Waals surface area contributed by atoms with Crippen LogP contribution in [0.4, 0.5) is 5.82 Å². The van der Waals surface area contributed by atoms with Crippen LogP contribution in [0, 0.1) is 0 Å². The maximum absolute atomic E-state index is 6.32. The minimum atomic E-state index is 0.108. The Morgan fingerprint density at radius 1 is 1.00 bits per heavy atom. The van der Waals surface area contributed by atoms with Crippen LogP contribution in [0.3, 0.4) is 0 Å². The predicted octanol–water partition coefficient (Wildman–Crippen LogP) is 4.58. The number of anilines is 1. The molecule has 3 fully saturated rings. The number of nitrogen functional groups attached to an aromatic ring is 1. The lowest BCUT2D eigenvalue weighted by Crippen LogP contribution is -2.37. The summed E-state index contributed by atoms with van der Waals surface area (Å²) in [7, 11) is 0. The Morgan fingerprint density at radius 2 is 1.80 bits per heavy atom. The molecule has 9 nitrogen and oxygen atoms in total. The molecule has 2 atom stereocenters. The molecular formula is C26H30N8O. The van der Waals surface area contributed by atoms with Gasteiger partial charge >= 0.3 is 0 Å². The van der Waals surface area contributed by atoms with E-state index in [1.165, 1.54) is 37.6 Å². The number of aromatic nitrogens is 6. The minimum Gasteiger partial charge on any atom is -0.383 e. The van der Waals surface area contributed by atoms with E-state index >= 15 is 0 Å². The number of nitrogens with two attached hydrogens (primary N) is 1. The fraction of sp³-hybridized carbons (Fsp3) is 0.500. The SMILES string of the molecule is CC(C)n1nc(-c2noc(C3CC3)c2-c2ccc(C3CC4CCC(C3)N4)cn2)c2c(N)ncnc21. The van der Waals surface area contributed by atoms with Crippen LogP contribution in [-0.4, -0.2) is 42.0 Å². The van der Waals surface area contributed by atoms with Crippen molar-refractivity contribution in [3.8, 4) is 22.6 Å². The van der Waals surface area contributed by atoms with E-state index in [0.29, 0.717) is 52.2 Å². The first-order valence-electron chi connectivity index (χ1n) is 12.8. The van der Waals surface area contributed by atoms with E-state index in [0.717, 1.165) is 29.9 Å². The van der Waals surface area contributed by atoms with E-state index in [4.69, 9.17) is 20.3 Å². The Bertz CT molecular complexity index is 1390. The first kappa shape index (κ1) is 21.0. The molecule has 3 N–H and O–H groups in total. The van der Waals surface area contributed by atoms with Crippen LogP contribution in [0.1, 0.15) is 81.6 Å². The van der Waals surface area contributed by atoms with E-state index in [-0.39, 0.29) is 6.04 Å². The second-order valence-corrected chi connectivity index (χ2v) is 10.7. The third-order valence-corrected chi connectivity index (χ3v) is 7.89. The predicted molar refractivity (Wildman–Crippen MR) is 133 cm³/mol. The van der Waals surface area contributed by atoms with Crippen molar-refractivity contribution in [3.05, 3.63) is 36.0 Å². The highest BCUT2D eigenvalue weighted by Crippen LogP contribution is 2.48. The van der Waals surface area contributed by atoms with Gasteiger partial charge in [-0.15, -0.1) is 0 Å². The Labute approximate surface area is 203 Å². The van der Waals surface area contributed by atoms with Gasteiger partial charge in [0.25, 0.3) is 0 Å². The molecule has 0 aromatic carbocycles. The van der Waals surface area contributed by atoms with E-state index in [2.05, 4.69) is 52.6 Å². The average Bonchev–Trinajstić information content (AvgIpc) is 3.34. The number of hydrogen-bond donors (Lipinski definition) is 2. The summed E-state index contributed by atoms with van der Waals surface area (Å²) in [5.74, 6) is 2.23. The molecule has 2 saturated heterocycles. The number of nitrogens with zero attached hydrogens (tertiary/aromatic N) is 6. The second kappa shape index (κ2) is 7.84. The molecule has 7 rings (SSSR count). The zero-order chi connectivity index (χ0) is 23.7. The summed E-state index contributed by atoms with van der Waals surface area (Å²) in [5, 5.41) is 13.9. The van der Waals surface area contributed by atoms with Crippen LogP contribution in [0.15, 0.2) is 29.2 Å². The molecule has 2 unspecified atom stereocenters. The minimum absolute atomic E-state index is 0.108. The van der Waals surface area contributed by atoms with Crippen LogP contribution >= 0.6 is 0 Å². The van der Waals surface area contributed by atoms with Crippen molar-refractivity contribution in [3.63, 3.8) is 0 Å². The summed E-state index contributed by atoms with van der Waals surface area (Å²) in [6.07, 6.45) is 10.7. The number of pyridine rings is 1. The van der Waals surface area contributed by atoms with Gasteiger partial charge in [0, 0.05) is 30.2 Å². The largest absolute Gasteiger partial charge is 0.383 e. The lowest BCUT2D eigenvalue weighted by molar-refractivity contribution is 0.363. The summed E-state index contributed by atoms with van der Waals surface area (Å²) in [6.45, 7) is 4.14. The van der Waals surface area contributed by atoms with Crippen molar-refractivity contribution in [2.45, 2.75) is 82.3 Å². The normalized spacial score (nSPS) is 24.0. The molecule has 0 amide bonds. The van der Waals surface area contributed by atoms with Crippen molar-refractivity contribution in [2.75, 3.05) is 5.73 Å². The highest BCUT2D eigenvalue weighted by molar-refractivity contribution is 6.00. The third kappa shape index (κ3) is 3.43. The van der Waals surface area contributed by atoms with Gasteiger partial charge in [-0.2, -0.15) is 5.10 Å². The summed E-state index contributed by atoms with van der Waals surface area (Å²) in [6, 6.07) is 5.79. The lowest BCUT2D eigenvalue weighted by atomic mass is 9.87. The standard InChI is InChI=1S/C26H30N8O/c1-13(2)34-26-21(25(27)29-12-30-26)22(32-34)23-20(24(35-33-23)14-3-4-14)19-8-5-15(11-28-19)16-9-17-6-7-18(10-16)31-17/h5,8,11-14,16-18,31H,3-4,6-7,9-10H2,1-2H3,(H2,27,29,30). The highest BCUT2D eigenvalue weighted by Gasteiger charge is 2.36. The molecule has 6 heterocycles. The number of rotatable bonds is 5. The summed E-state index contributed by atoms with van der Waals surface area (Å²) in [5.41, 5.74) is 11.5. The maximum atomic E-state index is 6.32. The topological polar surface area (TPSA) is 121 Å². The molecule has 1 saturated carbocycles. The van der Waals surface area contributed by atoms with Gasteiger partial charge in [0.05, 0.1) is 16.6 Å². The first-order chi connectivity index (χ1) is 17.1. The van der Waals surface area contributed by atoms with Crippen LogP contribution in [0.25, 0.3) is 33.7 Å². The molecule has 35 heavy (non-hydrogen) atoms. The molecule has 9 heteroatoms.